The van der Waals surface area contributed by atoms with Gasteiger partial charge in [-0.3, -0.25) is 9.36 Å². The highest BCUT2D eigenvalue weighted by atomic mass is 79.9. The molecule has 0 bridgehead atoms. The van der Waals surface area contributed by atoms with Crippen molar-refractivity contribution in [2.24, 2.45) is 4.99 Å². The normalized spacial score (nSPS) is 14.1. The van der Waals surface area contributed by atoms with Gasteiger partial charge in [-0.1, -0.05) is 36.8 Å². The number of hydrogen-bond donors (Lipinski definition) is 0. The van der Waals surface area contributed by atoms with Gasteiger partial charge in [0, 0.05) is 5.56 Å². The van der Waals surface area contributed by atoms with E-state index in [1.54, 1.807) is 70.7 Å². The highest BCUT2D eigenvalue weighted by Crippen LogP contribution is 2.39. The van der Waals surface area contributed by atoms with Crippen molar-refractivity contribution in [1.82, 2.24) is 4.57 Å². The third kappa shape index (κ3) is 7.02. The largest absolute Gasteiger partial charge is 0.497 e. The zero-order chi connectivity index (χ0) is 34.4. The van der Waals surface area contributed by atoms with Crippen LogP contribution in [0.15, 0.2) is 80.1 Å². The standard InChI is InChI=1S/C36H34BrN3O7S/c1-6-8-27-31(35(42)46-7-2)32(25-18-24(43-3)13-14-28(25)44-4)40-34(41)30(48-36(40)39-27)17-23-15-26(37)33(29(16-23)45-5)47-20-22-11-9-21(19-38)10-12-22/h9-18,32H,6-8,20H2,1-5H3/b30-17-/t32-/m0/s1. The summed E-state index contributed by atoms with van der Waals surface area (Å²) in [5, 5.41) is 9.07. The van der Waals surface area contributed by atoms with Crippen LogP contribution in [0.4, 0.5) is 0 Å². The second-order valence-corrected chi connectivity index (χ2v) is 12.5. The van der Waals surface area contributed by atoms with E-state index in [0.717, 1.165) is 12.0 Å². The van der Waals surface area contributed by atoms with E-state index in [9.17, 15) is 9.59 Å². The van der Waals surface area contributed by atoms with Crippen molar-refractivity contribution in [3.8, 4) is 29.1 Å². The van der Waals surface area contributed by atoms with Gasteiger partial charge in [-0.05, 0) is 88.9 Å². The summed E-state index contributed by atoms with van der Waals surface area (Å²) >= 11 is 4.84. The molecule has 3 aromatic carbocycles. The molecule has 1 aliphatic heterocycles. The number of thiazole rings is 1. The van der Waals surface area contributed by atoms with Crippen LogP contribution < -0.4 is 33.8 Å². The van der Waals surface area contributed by atoms with E-state index in [4.69, 9.17) is 33.9 Å². The summed E-state index contributed by atoms with van der Waals surface area (Å²) in [5.41, 5.74) is 3.24. The molecular formula is C36H34BrN3O7S. The third-order valence-electron chi connectivity index (χ3n) is 7.64. The van der Waals surface area contributed by atoms with Crippen LogP contribution in [-0.2, 0) is 16.1 Å². The summed E-state index contributed by atoms with van der Waals surface area (Å²) in [7, 11) is 4.64. The number of benzene rings is 3. The molecule has 0 spiro atoms. The van der Waals surface area contributed by atoms with Crippen LogP contribution in [0.3, 0.4) is 0 Å². The average molecular weight is 733 g/mol. The van der Waals surface area contributed by atoms with Crippen molar-refractivity contribution < 1.29 is 28.5 Å². The van der Waals surface area contributed by atoms with Gasteiger partial charge in [-0.2, -0.15) is 5.26 Å². The number of fused-ring (bicyclic) bond motifs is 1. The third-order valence-corrected chi connectivity index (χ3v) is 9.21. The summed E-state index contributed by atoms with van der Waals surface area (Å²) in [6.45, 7) is 4.17. The number of methoxy groups -OCH3 is 3. The molecule has 2 heterocycles. The Morgan fingerprint density at radius 1 is 1.04 bits per heavy atom. The fraction of sp³-hybridized carbons (Fsp3) is 0.278. The van der Waals surface area contributed by atoms with Crippen LogP contribution in [0, 0.1) is 11.3 Å². The number of allylic oxidation sites excluding steroid dienone is 1. The van der Waals surface area contributed by atoms with E-state index in [2.05, 4.69) is 22.0 Å². The van der Waals surface area contributed by atoms with E-state index in [0.29, 0.717) is 65.6 Å². The van der Waals surface area contributed by atoms with Gasteiger partial charge in [0.15, 0.2) is 16.3 Å². The number of hydrogen-bond acceptors (Lipinski definition) is 10. The summed E-state index contributed by atoms with van der Waals surface area (Å²) in [6.07, 6.45) is 3.00. The summed E-state index contributed by atoms with van der Waals surface area (Å²) < 4.78 is 31.1. The number of aromatic nitrogens is 1. The van der Waals surface area contributed by atoms with Gasteiger partial charge < -0.3 is 23.7 Å². The molecule has 48 heavy (non-hydrogen) atoms. The topological polar surface area (TPSA) is 121 Å². The molecule has 1 aliphatic rings. The molecule has 0 amide bonds. The predicted octanol–water partition coefficient (Wildman–Crippen LogP) is 5.82. The number of ether oxygens (including phenoxy) is 5. The summed E-state index contributed by atoms with van der Waals surface area (Å²) in [5.74, 6) is 1.45. The Morgan fingerprint density at radius 2 is 1.79 bits per heavy atom. The number of carbonyl (C=O) groups is 1. The van der Waals surface area contributed by atoms with Gasteiger partial charge in [0.2, 0.25) is 0 Å². The van der Waals surface area contributed by atoms with Crippen molar-refractivity contribution in [3.63, 3.8) is 0 Å². The molecule has 0 saturated heterocycles. The predicted molar refractivity (Wildman–Crippen MR) is 185 cm³/mol. The minimum Gasteiger partial charge on any atom is -0.497 e. The number of nitriles is 1. The lowest BCUT2D eigenvalue weighted by molar-refractivity contribution is -0.139. The molecule has 0 fully saturated rings. The molecule has 0 aliphatic carbocycles. The smallest absolute Gasteiger partial charge is 0.338 e. The lowest BCUT2D eigenvalue weighted by atomic mass is 9.93. The maximum atomic E-state index is 14.3. The second-order valence-electron chi connectivity index (χ2n) is 10.7. The van der Waals surface area contributed by atoms with Crippen LogP contribution in [-0.4, -0.2) is 38.5 Å². The Bertz CT molecular complexity index is 2100. The van der Waals surface area contributed by atoms with E-state index in [1.807, 2.05) is 25.1 Å². The molecule has 1 atom stereocenters. The minimum atomic E-state index is -0.867. The first-order valence-electron chi connectivity index (χ1n) is 15.2. The van der Waals surface area contributed by atoms with Gasteiger partial charge in [0.25, 0.3) is 5.56 Å². The van der Waals surface area contributed by atoms with E-state index >= 15 is 0 Å². The Hall–Kier alpha value is -4.86. The van der Waals surface area contributed by atoms with Gasteiger partial charge in [-0.25, -0.2) is 9.79 Å². The fourth-order valence-electron chi connectivity index (χ4n) is 5.41. The van der Waals surface area contributed by atoms with E-state index in [-0.39, 0.29) is 24.3 Å². The molecule has 5 rings (SSSR count). The maximum absolute atomic E-state index is 14.3. The first-order valence-corrected chi connectivity index (χ1v) is 16.8. The van der Waals surface area contributed by atoms with Crippen LogP contribution in [0.1, 0.15) is 55.0 Å². The average Bonchev–Trinajstić information content (AvgIpc) is 3.40. The number of halogens is 1. The molecule has 10 nitrogen and oxygen atoms in total. The molecular weight excluding hydrogens is 698 g/mol. The van der Waals surface area contributed by atoms with Crippen molar-refractivity contribution >= 4 is 39.3 Å². The van der Waals surface area contributed by atoms with Crippen LogP contribution >= 0.6 is 27.3 Å². The molecule has 0 saturated carbocycles. The number of nitrogens with zero attached hydrogens (tertiary/aromatic N) is 3. The van der Waals surface area contributed by atoms with Crippen LogP contribution in [0.2, 0.25) is 0 Å². The quantitative estimate of drug-likeness (QED) is 0.167. The Balaban J connectivity index is 1.63. The summed E-state index contributed by atoms with van der Waals surface area (Å²) in [4.78, 5) is 33.2. The lowest BCUT2D eigenvalue weighted by Gasteiger charge is -2.27. The second kappa shape index (κ2) is 15.4. The summed E-state index contributed by atoms with van der Waals surface area (Å²) in [6, 6.07) is 17.3. The minimum absolute atomic E-state index is 0.165. The molecule has 12 heteroatoms. The number of carbonyl (C=O) groups excluding carboxylic acids is 1. The number of esters is 1. The number of rotatable bonds is 12. The van der Waals surface area contributed by atoms with E-state index < -0.39 is 12.0 Å². The molecule has 4 aromatic rings. The van der Waals surface area contributed by atoms with Crippen molar-refractivity contribution in [3.05, 3.63) is 112 Å². The molecule has 0 unspecified atom stereocenters. The first kappa shape index (κ1) is 34.5. The molecule has 248 valence electrons. The Labute approximate surface area is 290 Å². The zero-order valence-corrected chi connectivity index (χ0v) is 29.6. The molecule has 0 radical (unpaired) electrons. The lowest BCUT2D eigenvalue weighted by Crippen LogP contribution is -2.40. The van der Waals surface area contributed by atoms with Crippen molar-refractivity contribution in [1.29, 1.82) is 5.26 Å². The van der Waals surface area contributed by atoms with Crippen LogP contribution in [0.25, 0.3) is 6.08 Å². The molecule has 1 aromatic heterocycles. The van der Waals surface area contributed by atoms with Gasteiger partial charge in [0.05, 0.1) is 59.8 Å². The van der Waals surface area contributed by atoms with Gasteiger partial charge in [0.1, 0.15) is 24.1 Å². The van der Waals surface area contributed by atoms with Crippen molar-refractivity contribution in [2.75, 3.05) is 27.9 Å². The van der Waals surface area contributed by atoms with Crippen molar-refractivity contribution in [2.45, 2.75) is 39.3 Å². The van der Waals surface area contributed by atoms with Crippen LogP contribution in [0.5, 0.6) is 23.0 Å². The van der Waals surface area contributed by atoms with E-state index in [1.165, 1.54) is 15.9 Å². The SMILES string of the molecule is CCCC1=C(C(=O)OCC)[C@H](c2cc(OC)ccc2OC)n2c(s/c(=C\c3cc(Br)c(OCc4ccc(C#N)cc4)c(OC)c3)c2=O)=N1. The monoisotopic (exact) mass is 731 g/mol. The Morgan fingerprint density at radius 3 is 2.44 bits per heavy atom. The maximum Gasteiger partial charge on any atom is 0.338 e. The Kier molecular flexibility index (Phi) is 11.0. The zero-order valence-electron chi connectivity index (χ0n) is 27.2. The highest BCUT2D eigenvalue weighted by molar-refractivity contribution is 9.10. The van der Waals surface area contributed by atoms with Gasteiger partial charge in [-0.15, -0.1) is 0 Å². The van der Waals surface area contributed by atoms with Gasteiger partial charge >= 0.3 is 5.97 Å². The first-order chi connectivity index (χ1) is 23.3. The fourth-order valence-corrected chi connectivity index (χ4v) is 7.01. The molecule has 0 N–H and O–H groups in total. The highest BCUT2D eigenvalue weighted by Gasteiger charge is 2.36.